The molecule has 5 heteroatoms. The molecule has 0 atom stereocenters. The van der Waals surface area contributed by atoms with Crippen LogP contribution in [-0.2, 0) is 19.5 Å². The van der Waals surface area contributed by atoms with Crippen molar-refractivity contribution in [3.05, 3.63) is 107 Å². The van der Waals surface area contributed by atoms with Crippen LogP contribution in [0, 0.1) is 0 Å². The Hall–Kier alpha value is -4.06. The summed E-state index contributed by atoms with van der Waals surface area (Å²) >= 11 is 0. The van der Waals surface area contributed by atoms with Crippen molar-refractivity contribution in [3.63, 3.8) is 0 Å². The van der Waals surface area contributed by atoms with Gasteiger partial charge in [0.25, 0.3) is 0 Å². The number of rotatable bonds is 7. The summed E-state index contributed by atoms with van der Waals surface area (Å²) in [6, 6.07) is 31.2. The average molecular weight is 552 g/mol. The maximum absolute atomic E-state index is 5.07. The molecule has 8 rings (SSSR count). The van der Waals surface area contributed by atoms with Crippen molar-refractivity contribution in [1.82, 2.24) is 19.8 Å². The van der Waals surface area contributed by atoms with E-state index in [-0.39, 0.29) is 0 Å². The van der Waals surface area contributed by atoms with Crippen LogP contribution in [-0.4, -0.2) is 51.7 Å². The molecule has 1 N–H and O–H groups in total. The van der Waals surface area contributed by atoms with Crippen molar-refractivity contribution < 1.29 is 0 Å². The molecule has 4 heterocycles. The molecule has 5 aromatic rings. The second-order valence-electron chi connectivity index (χ2n) is 12.3. The predicted octanol–water partition coefficient (Wildman–Crippen LogP) is 7.77. The standard InChI is InChI=1S/C37H37N5/c1-2-18-41(17-1)24-26-5-9-28(10-6-26)34-23-32-14-13-30(21-35(32)38-34)31-15-16-33-36(22-31)40-37(39-33)29-11-7-27(8-12-29)25-42-19-3-4-20-42/h5-16,21-22H,1-4,17-20,23-25H2,(H,39,40). The highest BCUT2D eigenvalue weighted by Gasteiger charge is 2.18. The Kier molecular flexibility index (Phi) is 6.70. The van der Waals surface area contributed by atoms with Crippen LogP contribution in [0.25, 0.3) is 33.5 Å². The van der Waals surface area contributed by atoms with E-state index in [1.54, 1.807) is 0 Å². The molecule has 42 heavy (non-hydrogen) atoms. The third kappa shape index (κ3) is 5.19. The van der Waals surface area contributed by atoms with Crippen LogP contribution in [0.1, 0.15) is 47.9 Å². The van der Waals surface area contributed by atoms with E-state index in [0.29, 0.717) is 0 Å². The van der Waals surface area contributed by atoms with E-state index in [1.165, 1.54) is 85.2 Å². The number of hydrogen-bond donors (Lipinski definition) is 1. The first kappa shape index (κ1) is 25.6. The summed E-state index contributed by atoms with van der Waals surface area (Å²) in [6.07, 6.45) is 6.21. The van der Waals surface area contributed by atoms with Gasteiger partial charge in [0.15, 0.2) is 0 Å². The lowest BCUT2D eigenvalue weighted by molar-refractivity contribution is 0.331. The highest BCUT2D eigenvalue weighted by molar-refractivity contribution is 6.06. The fourth-order valence-electron chi connectivity index (χ4n) is 6.82. The van der Waals surface area contributed by atoms with Crippen LogP contribution in [0.4, 0.5) is 5.69 Å². The van der Waals surface area contributed by atoms with Gasteiger partial charge in [-0.2, -0.15) is 0 Å². The van der Waals surface area contributed by atoms with E-state index < -0.39 is 0 Å². The summed E-state index contributed by atoms with van der Waals surface area (Å²) in [7, 11) is 0. The monoisotopic (exact) mass is 551 g/mol. The van der Waals surface area contributed by atoms with Crippen LogP contribution in [0.3, 0.4) is 0 Å². The molecular formula is C37H37N5. The van der Waals surface area contributed by atoms with E-state index in [1.807, 2.05) is 0 Å². The maximum atomic E-state index is 5.07. The molecule has 0 aliphatic carbocycles. The first-order chi connectivity index (χ1) is 20.7. The molecule has 5 nitrogen and oxygen atoms in total. The minimum absolute atomic E-state index is 0.890. The van der Waals surface area contributed by atoms with Crippen LogP contribution in [0.2, 0.25) is 0 Å². The molecule has 0 amide bonds. The second-order valence-corrected chi connectivity index (χ2v) is 12.3. The van der Waals surface area contributed by atoms with Gasteiger partial charge in [0.1, 0.15) is 5.82 Å². The number of H-pyrrole nitrogens is 1. The van der Waals surface area contributed by atoms with Crippen LogP contribution in [0.5, 0.6) is 0 Å². The molecule has 2 saturated heterocycles. The van der Waals surface area contributed by atoms with Gasteiger partial charge in [-0.3, -0.25) is 14.8 Å². The third-order valence-corrected chi connectivity index (χ3v) is 9.24. The maximum Gasteiger partial charge on any atom is 0.138 e. The molecule has 0 bridgehead atoms. The molecule has 3 aliphatic heterocycles. The highest BCUT2D eigenvalue weighted by atomic mass is 15.1. The van der Waals surface area contributed by atoms with Gasteiger partial charge < -0.3 is 4.98 Å². The molecule has 3 aliphatic rings. The predicted molar refractivity (Wildman–Crippen MR) is 172 cm³/mol. The molecule has 0 unspecified atom stereocenters. The second kappa shape index (κ2) is 11.0. The zero-order valence-electron chi connectivity index (χ0n) is 24.1. The molecule has 0 saturated carbocycles. The lowest BCUT2D eigenvalue weighted by atomic mass is 9.99. The Morgan fingerprint density at radius 3 is 1.83 bits per heavy atom. The molecule has 210 valence electrons. The fourth-order valence-corrected chi connectivity index (χ4v) is 6.82. The number of aliphatic imine (C=N–C) groups is 1. The number of likely N-dealkylation sites (tertiary alicyclic amines) is 2. The smallest absolute Gasteiger partial charge is 0.138 e. The van der Waals surface area contributed by atoms with Gasteiger partial charge in [0, 0.05) is 25.1 Å². The number of aromatic nitrogens is 2. The molecule has 1 aromatic heterocycles. The summed E-state index contributed by atoms with van der Waals surface area (Å²) in [5.74, 6) is 0.921. The van der Waals surface area contributed by atoms with Crippen molar-refractivity contribution in [2.24, 2.45) is 4.99 Å². The Labute approximate surface area is 247 Å². The summed E-state index contributed by atoms with van der Waals surface area (Å²) in [5, 5.41) is 0. The van der Waals surface area contributed by atoms with E-state index in [9.17, 15) is 0 Å². The van der Waals surface area contributed by atoms with Gasteiger partial charge in [-0.05, 0) is 103 Å². The first-order valence-electron chi connectivity index (χ1n) is 15.6. The van der Waals surface area contributed by atoms with Gasteiger partial charge in [0.05, 0.1) is 22.4 Å². The van der Waals surface area contributed by atoms with Crippen molar-refractivity contribution in [3.8, 4) is 22.5 Å². The van der Waals surface area contributed by atoms with E-state index in [2.05, 4.69) is 99.7 Å². The van der Waals surface area contributed by atoms with Gasteiger partial charge >= 0.3 is 0 Å². The van der Waals surface area contributed by atoms with Crippen molar-refractivity contribution in [2.75, 3.05) is 26.2 Å². The SMILES string of the molecule is c1cc(C2=Nc3cc(-c4ccc5nc(-c6ccc(CN7CCCC7)cc6)[nH]c5c4)ccc3C2)ccc1CN1CCCC1. The lowest BCUT2D eigenvalue weighted by Gasteiger charge is -2.14. The molecule has 0 spiro atoms. The number of benzene rings is 4. The highest BCUT2D eigenvalue weighted by Crippen LogP contribution is 2.34. The molecule has 4 aromatic carbocycles. The summed E-state index contributed by atoms with van der Waals surface area (Å²) < 4.78 is 0. The Morgan fingerprint density at radius 1 is 0.595 bits per heavy atom. The largest absolute Gasteiger partial charge is 0.338 e. The van der Waals surface area contributed by atoms with Gasteiger partial charge in [-0.1, -0.05) is 66.7 Å². The lowest BCUT2D eigenvalue weighted by Crippen LogP contribution is -2.18. The Bertz CT molecular complexity index is 1750. The summed E-state index contributed by atoms with van der Waals surface area (Å²) in [4.78, 5) is 18.6. The number of imidazole rings is 1. The number of fused-ring (bicyclic) bond motifs is 2. The summed E-state index contributed by atoms with van der Waals surface area (Å²) in [6.45, 7) is 7.00. The van der Waals surface area contributed by atoms with E-state index >= 15 is 0 Å². The van der Waals surface area contributed by atoms with Gasteiger partial charge in [-0.15, -0.1) is 0 Å². The number of hydrogen-bond acceptors (Lipinski definition) is 4. The minimum Gasteiger partial charge on any atom is -0.338 e. The van der Waals surface area contributed by atoms with Crippen molar-refractivity contribution in [1.29, 1.82) is 0 Å². The number of aromatic amines is 1. The Balaban J connectivity index is 0.992. The Morgan fingerprint density at radius 2 is 1.17 bits per heavy atom. The first-order valence-corrected chi connectivity index (χ1v) is 15.6. The normalized spacial score (nSPS) is 17.3. The molecular weight excluding hydrogens is 514 g/mol. The number of nitrogens with zero attached hydrogens (tertiary/aromatic N) is 4. The zero-order valence-corrected chi connectivity index (χ0v) is 24.1. The fraction of sp³-hybridized carbons (Fsp3) is 0.297. The quantitative estimate of drug-likeness (QED) is 0.225. The minimum atomic E-state index is 0.890. The third-order valence-electron chi connectivity index (χ3n) is 9.24. The van der Waals surface area contributed by atoms with Crippen LogP contribution >= 0.6 is 0 Å². The van der Waals surface area contributed by atoms with Gasteiger partial charge in [-0.25, -0.2) is 4.98 Å². The van der Waals surface area contributed by atoms with Crippen LogP contribution in [0.15, 0.2) is 89.9 Å². The molecule has 2 fully saturated rings. The number of nitrogens with one attached hydrogen (secondary N) is 1. The van der Waals surface area contributed by atoms with E-state index in [4.69, 9.17) is 9.98 Å². The van der Waals surface area contributed by atoms with Crippen LogP contribution < -0.4 is 0 Å². The van der Waals surface area contributed by atoms with E-state index in [0.717, 1.165) is 53.3 Å². The van der Waals surface area contributed by atoms with Crippen molar-refractivity contribution in [2.45, 2.75) is 45.2 Å². The topological polar surface area (TPSA) is 47.5 Å². The molecule has 0 radical (unpaired) electrons. The van der Waals surface area contributed by atoms with Gasteiger partial charge in [0.2, 0.25) is 0 Å². The van der Waals surface area contributed by atoms with Crippen molar-refractivity contribution >= 4 is 22.4 Å². The summed E-state index contributed by atoms with van der Waals surface area (Å²) in [5.41, 5.74) is 13.1. The average Bonchev–Trinajstić information content (AvgIpc) is 3.85. The zero-order chi connectivity index (χ0) is 27.9.